The van der Waals surface area contributed by atoms with Crippen LogP contribution in [0.1, 0.15) is 21.6 Å². The Kier molecular flexibility index (Phi) is 5.86. The molecule has 3 heterocycles. The van der Waals surface area contributed by atoms with Crippen LogP contribution in [0.5, 0.6) is 0 Å². The number of nitrogens with zero attached hydrogens (tertiary/aromatic N) is 4. The first-order valence-electron chi connectivity index (χ1n) is 12.2. The van der Waals surface area contributed by atoms with E-state index in [-0.39, 0.29) is 22.4 Å². The van der Waals surface area contributed by atoms with Gasteiger partial charge in [-0.1, -0.05) is 48.5 Å². The molecule has 2 aliphatic heterocycles. The number of aromatic nitrogens is 2. The third-order valence-electron chi connectivity index (χ3n) is 6.94. The van der Waals surface area contributed by atoms with Crippen molar-refractivity contribution in [3.05, 3.63) is 83.6 Å². The number of sulfonamides is 1. The molecule has 1 aromatic heterocycles. The number of piperazine rings is 1. The quantitative estimate of drug-likeness (QED) is 0.429. The Morgan fingerprint density at radius 2 is 1.57 bits per heavy atom. The van der Waals surface area contributed by atoms with Crippen molar-refractivity contribution in [1.82, 2.24) is 24.5 Å². The molecule has 0 aliphatic carbocycles. The average molecular weight is 515 g/mol. The number of nitrogens with one attached hydrogen (secondary N) is 1. The highest BCUT2D eigenvalue weighted by Gasteiger charge is 2.29. The second kappa shape index (κ2) is 9.22. The molecule has 3 N–H and O–H groups in total. The summed E-state index contributed by atoms with van der Waals surface area (Å²) in [6.07, 6.45) is 0. The minimum absolute atomic E-state index is 0.0157. The number of benzene rings is 3. The van der Waals surface area contributed by atoms with Crippen molar-refractivity contribution in [3.8, 4) is 11.1 Å². The lowest BCUT2D eigenvalue weighted by molar-refractivity contribution is 0.0747. The number of nitrogen functional groups attached to an aromatic ring is 1. The van der Waals surface area contributed by atoms with E-state index in [1.165, 1.54) is 4.31 Å². The summed E-state index contributed by atoms with van der Waals surface area (Å²) in [6.45, 7) is 3.04. The lowest BCUT2D eigenvalue weighted by Crippen LogP contribution is -2.46. The Hall–Kier alpha value is -3.86. The second-order valence-electron chi connectivity index (χ2n) is 9.24. The zero-order valence-corrected chi connectivity index (χ0v) is 20.9. The fourth-order valence-corrected chi connectivity index (χ4v) is 6.71. The summed E-state index contributed by atoms with van der Waals surface area (Å²) in [6, 6.07) is 20.3. The molecule has 37 heavy (non-hydrogen) atoms. The predicted octanol–water partition coefficient (Wildman–Crippen LogP) is 2.63. The monoisotopic (exact) mass is 514 g/mol. The van der Waals surface area contributed by atoms with Crippen LogP contribution in [0.4, 0.5) is 5.95 Å². The number of nitrogens with two attached hydrogens (primary N) is 1. The van der Waals surface area contributed by atoms with E-state index in [2.05, 4.69) is 15.3 Å². The summed E-state index contributed by atoms with van der Waals surface area (Å²) in [4.78, 5) is 24.3. The maximum absolute atomic E-state index is 13.6. The Morgan fingerprint density at radius 3 is 2.30 bits per heavy atom. The summed E-state index contributed by atoms with van der Waals surface area (Å²) in [7, 11) is -3.70. The van der Waals surface area contributed by atoms with Crippen LogP contribution in [0.25, 0.3) is 22.0 Å². The van der Waals surface area contributed by atoms with Gasteiger partial charge in [0.15, 0.2) is 0 Å². The minimum atomic E-state index is -3.70. The zero-order valence-electron chi connectivity index (χ0n) is 20.1. The molecule has 0 saturated carbocycles. The van der Waals surface area contributed by atoms with E-state index < -0.39 is 10.0 Å². The van der Waals surface area contributed by atoms with Crippen molar-refractivity contribution in [2.75, 3.05) is 31.9 Å². The molecular formula is C27H26N6O3S. The van der Waals surface area contributed by atoms with Gasteiger partial charge < -0.3 is 16.0 Å². The van der Waals surface area contributed by atoms with Crippen molar-refractivity contribution in [2.24, 2.45) is 0 Å². The molecule has 9 nitrogen and oxygen atoms in total. The van der Waals surface area contributed by atoms with Gasteiger partial charge in [0, 0.05) is 50.2 Å². The third kappa shape index (κ3) is 4.22. The van der Waals surface area contributed by atoms with Gasteiger partial charge in [-0.15, -0.1) is 0 Å². The molecule has 188 valence electrons. The predicted molar refractivity (Wildman–Crippen MR) is 141 cm³/mol. The average Bonchev–Trinajstić information content (AvgIpc) is 3.37. The van der Waals surface area contributed by atoms with Gasteiger partial charge in [-0.05, 0) is 34.9 Å². The number of rotatable bonds is 4. The first-order chi connectivity index (χ1) is 17.9. The first kappa shape index (κ1) is 23.5. The van der Waals surface area contributed by atoms with Gasteiger partial charge >= 0.3 is 0 Å². The summed E-state index contributed by atoms with van der Waals surface area (Å²) in [5.41, 5.74) is 10.1. The topological polar surface area (TPSA) is 122 Å². The van der Waals surface area contributed by atoms with E-state index in [9.17, 15) is 13.2 Å². The summed E-state index contributed by atoms with van der Waals surface area (Å²) < 4.78 is 28.6. The zero-order chi connectivity index (χ0) is 25.6. The molecule has 0 spiro atoms. The molecule has 1 fully saturated rings. The van der Waals surface area contributed by atoms with E-state index >= 15 is 0 Å². The molecule has 0 unspecified atom stereocenters. The van der Waals surface area contributed by atoms with Crippen molar-refractivity contribution in [3.63, 3.8) is 0 Å². The van der Waals surface area contributed by atoms with E-state index in [1.54, 1.807) is 41.3 Å². The van der Waals surface area contributed by atoms with Crippen LogP contribution in [0.3, 0.4) is 0 Å². The van der Waals surface area contributed by atoms with Gasteiger partial charge in [-0.2, -0.15) is 4.31 Å². The Morgan fingerprint density at radius 1 is 0.892 bits per heavy atom. The van der Waals surface area contributed by atoms with Crippen molar-refractivity contribution >= 4 is 32.8 Å². The highest BCUT2D eigenvalue weighted by molar-refractivity contribution is 7.89. The highest BCUT2D eigenvalue weighted by Crippen LogP contribution is 2.33. The van der Waals surface area contributed by atoms with E-state index in [4.69, 9.17) is 5.73 Å². The van der Waals surface area contributed by atoms with Crippen LogP contribution in [0, 0.1) is 0 Å². The molecule has 1 amide bonds. The SMILES string of the molecule is Nc1nc(C(=O)N2Cc3ccccc3C2)c2cc(-c3ccccc3S(=O)(=O)N3CCNCC3)ccc2n1. The lowest BCUT2D eigenvalue weighted by atomic mass is 10.0. The number of anilines is 1. The summed E-state index contributed by atoms with van der Waals surface area (Å²) in [5, 5.41) is 3.72. The van der Waals surface area contributed by atoms with Gasteiger partial charge in [-0.25, -0.2) is 18.4 Å². The van der Waals surface area contributed by atoms with Crippen molar-refractivity contribution in [1.29, 1.82) is 0 Å². The summed E-state index contributed by atoms with van der Waals surface area (Å²) >= 11 is 0. The molecule has 6 rings (SSSR count). The molecule has 4 aromatic rings. The van der Waals surface area contributed by atoms with Crippen LogP contribution in [-0.4, -0.2) is 59.7 Å². The molecule has 0 bridgehead atoms. The molecule has 0 radical (unpaired) electrons. The normalized spacial score (nSPS) is 16.2. The molecular weight excluding hydrogens is 488 g/mol. The first-order valence-corrected chi connectivity index (χ1v) is 13.6. The fraction of sp³-hybridized carbons (Fsp3) is 0.222. The minimum Gasteiger partial charge on any atom is -0.368 e. The van der Waals surface area contributed by atoms with E-state index in [0.29, 0.717) is 61.3 Å². The molecule has 2 aliphatic rings. The fourth-order valence-electron chi connectivity index (χ4n) is 5.06. The van der Waals surface area contributed by atoms with Crippen molar-refractivity contribution in [2.45, 2.75) is 18.0 Å². The number of hydrogen-bond donors (Lipinski definition) is 2. The molecule has 1 saturated heterocycles. The van der Waals surface area contributed by atoms with Crippen LogP contribution >= 0.6 is 0 Å². The van der Waals surface area contributed by atoms with Crippen LogP contribution in [0.15, 0.2) is 71.6 Å². The van der Waals surface area contributed by atoms with Gasteiger partial charge in [0.2, 0.25) is 16.0 Å². The maximum atomic E-state index is 13.6. The lowest BCUT2D eigenvalue weighted by Gasteiger charge is -2.27. The number of fused-ring (bicyclic) bond motifs is 2. The molecule has 3 aromatic carbocycles. The Bertz CT molecular complexity index is 1610. The van der Waals surface area contributed by atoms with E-state index in [1.807, 2.05) is 30.3 Å². The van der Waals surface area contributed by atoms with Crippen LogP contribution in [0.2, 0.25) is 0 Å². The Balaban J connectivity index is 1.43. The largest absolute Gasteiger partial charge is 0.368 e. The van der Waals surface area contributed by atoms with Gasteiger partial charge in [-0.3, -0.25) is 4.79 Å². The number of carbonyl (C=O) groups excluding carboxylic acids is 1. The van der Waals surface area contributed by atoms with Crippen LogP contribution in [-0.2, 0) is 23.1 Å². The van der Waals surface area contributed by atoms with Gasteiger partial charge in [0.25, 0.3) is 5.91 Å². The van der Waals surface area contributed by atoms with Gasteiger partial charge in [0.05, 0.1) is 10.4 Å². The summed E-state index contributed by atoms with van der Waals surface area (Å²) in [5.74, 6) is -0.226. The van der Waals surface area contributed by atoms with Crippen molar-refractivity contribution < 1.29 is 13.2 Å². The van der Waals surface area contributed by atoms with Crippen LogP contribution < -0.4 is 11.1 Å². The highest BCUT2D eigenvalue weighted by atomic mass is 32.2. The second-order valence-corrected chi connectivity index (χ2v) is 11.1. The third-order valence-corrected chi connectivity index (χ3v) is 8.89. The van der Waals surface area contributed by atoms with Gasteiger partial charge in [0.1, 0.15) is 5.69 Å². The molecule has 0 atom stereocenters. The molecule has 10 heteroatoms. The number of amides is 1. The standard InChI is InChI=1S/C27H26N6O3S/c28-27-30-23-10-9-18(21-7-3-4-8-24(21)37(35,36)33-13-11-29-12-14-33)15-22(23)25(31-27)26(34)32-16-19-5-1-2-6-20(19)17-32/h1-10,15,29H,11-14,16-17H2,(H2,28,30,31). The number of carbonyl (C=O) groups is 1. The Labute approximate surface area is 215 Å². The van der Waals surface area contributed by atoms with E-state index in [0.717, 1.165) is 11.1 Å². The number of hydrogen-bond acceptors (Lipinski definition) is 7. The smallest absolute Gasteiger partial charge is 0.273 e. The maximum Gasteiger partial charge on any atom is 0.273 e.